The predicted molar refractivity (Wildman–Crippen MR) is 117 cm³/mol. The minimum atomic E-state index is -4.56. The van der Waals surface area contributed by atoms with Gasteiger partial charge in [0.05, 0.1) is 16.5 Å². The highest BCUT2D eigenvalue weighted by molar-refractivity contribution is 7.99. The van der Waals surface area contributed by atoms with Crippen LogP contribution in [0.1, 0.15) is 48.2 Å². The van der Waals surface area contributed by atoms with Crippen LogP contribution in [-0.2, 0) is 6.18 Å². The van der Waals surface area contributed by atoms with E-state index in [1.807, 2.05) is 31.2 Å². The standard InChI is InChI=1S/C25H16F3NO2S/c1-14-9-11-15(12-10-14)23-24(21(30)18-7-2-3-8-19(18)22(24)31)20(29-32-23)16-5-4-6-17(13-16)25(26,27)28/h2-13,23H,1H3. The highest BCUT2D eigenvalue weighted by Crippen LogP contribution is 2.58. The van der Waals surface area contributed by atoms with Gasteiger partial charge in [-0.3, -0.25) is 9.59 Å². The molecule has 32 heavy (non-hydrogen) atoms. The number of alkyl halides is 3. The molecule has 0 bridgehead atoms. The third kappa shape index (κ3) is 2.88. The molecule has 160 valence electrons. The van der Waals surface area contributed by atoms with Gasteiger partial charge in [-0.05, 0) is 42.1 Å². The predicted octanol–water partition coefficient (Wildman–Crippen LogP) is 6.27. The molecule has 1 aliphatic heterocycles. The molecule has 7 heteroatoms. The van der Waals surface area contributed by atoms with Gasteiger partial charge in [0.2, 0.25) is 0 Å². The van der Waals surface area contributed by atoms with E-state index in [2.05, 4.69) is 4.40 Å². The fourth-order valence-corrected chi connectivity index (χ4v) is 5.64. The maximum absolute atomic E-state index is 13.8. The summed E-state index contributed by atoms with van der Waals surface area (Å²) in [6.07, 6.45) is -4.56. The van der Waals surface area contributed by atoms with E-state index in [4.69, 9.17) is 0 Å². The van der Waals surface area contributed by atoms with Crippen LogP contribution in [0, 0.1) is 12.3 Å². The lowest BCUT2D eigenvalue weighted by Gasteiger charge is -2.29. The van der Waals surface area contributed by atoms with Crippen LogP contribution in [-0.4, -0.2) is 17.3 Å². The van der Waals surface area contributed by atoms with E-state index in [0.29, 0.717) is 0 Å². The normalized spacial score (nSPS) is 19.4. The molecule has 3 aromatic rings. The van der Waals surface area contributed by atoms with Crippen molar-refractivity contribution in [3.05, 3.63) is 106 Å². The van der Waals surface area contributed by atoms with Crippen molar-refractivity contribution < 1.29 is 22.8 Å². The van der Waals surface area contributed by atoms with Crippen molar-refractivity contribution in [1.82, 2.24) is 0 Å². The molecule has 0 fully saturated rings. The molecule has 0 amide bonds. The van der Waals surface area contributed by atoms with E-state index in [1.54, 1.807) is 24.3 Å². The number of ketones is 2. The zero-order valence-corrected chi connectivity index (χ0v) is 17.6. The van der Waals surface area contributed by atoms with Gasteiger partial charge in [0, 0.05) is 11.1 Å². The molecule has 1 aliphatic carbocycles. The van der Waals surface area contributed by atoms with E-state index >= 15 is 0 Å². The molecule has 0 N–H and O–H groups in total. The van der Waals surface area contributed by atoms with E-state index < -0.39 is 34.0 Å². The van der Waals surface area contributed by atoms with Gasteiger partial charge in [-0.1, -0.05) is 66.2 Å². The Hall–Kier alpha value is -3.19. The number of hydrogen-bond donors (Lipinski definition) is 0. The number of hydrogen-bond acceptors (Lipinski definition) is 4. The van der Waals surface area contributed by atoms with Crippen molar-refractivity contribution in [1.29, 1.82) is 0 Å². The molecule has 1 atom stereocenters. The highest BCUT2D eigenvalue weighted by atomic mass is 32.2. The van der Waals surface area contributed by atoms with Gasteiger partial charge in [-0.25, -0.2) is 4.40 Å². The van der Waals surface area contributed by atoms with Crippen LogP contribution in [0.15, 0.2) is 77.2 Å². The summed E-state index contributed by atoms with van der Waals surface area (Å²) >= 11 is 1.06. The number of Topliss-reactive ketones (excluding diaryl/α,β-unsaturated/α-hetero) is 2. The Morgan fingerprint density at radius 2 is 1.50 bits per heavy atom. The lowest BCUT2D eigenvalue weighted by atomic mass is 9.70. The number of fused-ring (bicyclic) bond motifs is 1. The molecule has 2 aliphatic rings. The first-order valence-electron chi connectivity index (χ1n) is 9.91. The van der Waals surface area contributed by atoms with Crippen LogP contribution in [0.5, 0.6) is 0 Å². The second kappa shape index (κ2) is 7.17. The maximum Gasteiger partial charge on any atom is 0.416 e. The van der Waals surface area contributed by atoms with Gasteiger partial charge in [-0.15, -0.1) is 0 Å². The zero-order chi connectivity index (χ0) is 22.7. The van der Waals surface area contributed by atoms with Crippen molar-refractivity contribution in [2.24, 2.45) is 9.81 Å². The van der Waals surface area contributed by atoms with E-state index in [9.17, 15) is 22.8 Å². The summed E-state index contributed by atoms with van der Waals surface area (Å²) in [5.74, 6) is -0.852. The maximum atomic E-state index is 13.8. The minimum absolute atomic E-state index is 0.0744. The SMILES string of the molecule is Cc1ccc(C2SN=C(c3cccc(C(F)(F)F)c3)C23C(=O)c2ccccc2C3=O)cc1. The van der Waals surface area contributed by atoms with Crippen molar-refractivity contribution in [2.45, 2.75) is 18.3 Å². The fraction of sp³-hybridized carbons (Fsp3) is 0.160. The summed E-state index contributed by atoms with van der Waals surface area (Å²) in [6.45, 7) is 1.92. The molecule has 0 saturated heterocycles. The second-order valence-corrected chi connectivity index (χ2v) is 8.79. The molecule has 5 rings (SSSR count). The summed E-state index contributed by atoms with van der Waals surface area (Å²) in [5.41, 5.74) is -0.0890. The average molecular weight is 451 g/mol. The van der Waals surface area contributed by atoms with Crippen molar-refractivity contribution in [2.75, 3.05) is 0 Å². The molecule has 0 saturated carbocycles. The fourth-order valence-electron chi connectivity index (χ4n) is 4.42. The molecule has 1 unspecified atom stereocenters. The van der Waals surface area contributed by atoms with Crippen molar-refractivity contribution in [3.63, 3.8) is 0 Å². The third-order valence-electron chi connectivity index (χ3n) is 5.99. The number of benzene rings is 3. The number of nitrogens with zero attached hydrogens (tertiary/aromatic N) is 1. The first-order chi connectivity index (χ1) is 15.2. The number of carbonyl (C=O) groups excluding carboxylic acids is 2. The Labute approximate surface area is 186 Å². The van der Waals surface area contributed by atoms with Gasteiger partial charge in [0.25, 0.3) is 0 Å². The monoisotopic (exact) mass is 451 g/mol. The van der Waals surface area contributed by atoms with Gasteiger partial charge in [-0.2, -0.15) is 13.2 Å². The molecular weight excluding hydrogens is 435 g/mol. The van der Waals surface area contributed by atoms with Crippen LogP contribution >= 0.6 is 11.9 Å². The summed E-state index contributed by atoms with van der Waals surface area (Å²) in [4.78, 5) is 27.6. The number of rotatable bonds is 2. The Morgan fingerprint density at radius 1 is 0.875 bits per heavy atom. The van der Waals surface area contributed by atoms with E-state index in [-0.39, 0.29) is 22.4 Å². The number of halogens is 3. The van der Waals surface area contributed by atoms with Crippen LogP contribution in [0.4, 0.5) is 13.2 Å². The van der Waals surface area contributed by atoms with E-state index in [0.717, 1.165) is 35.2 Å². The minimum Gasteiger partial charge on any atom is -0.292 e. The van der Waals surface area contributed by atoms with Gasteiger partial charge in [0.15, 0.2) is 17.0 Å². The highest BCUT2D eigenvalue weighted by Gasteiger charge is 2.64. The Bertz CT molecular complexity index is 1260. The van der Waals surface area contributed by atoms with E-state index in [1.165, 1.54) is 12.1 Å². The van der Waals surface area contributed by atoms with Crippen LogP contribution in [0.25, 0.3) is 0 Å². The third-order valence-corrected chi connectivity index (χ3v) is 7.12. The topological polar surface area (TPSA) is 46.5 Å². The van der Waals surface area contributed by atoms with Gasteiger partial charge in [0.1, 0.15) is 0 Å². The first kappa shape index (κ1) is 20.7. The Balaban J connectivity index is 1.73. The summed E-state index contributed by atoms with van der Waals surface area (Å²) in [7, 11) is 0. The molecular formula is C25H16F3NO2S. The molecule has 0 aromatic heterocycles. The summed E-state index contributed by atoms with van der Waals surface area (Å²) < 4.78 is 44.6. The Kier molecular flexibility index (Phi) is 4.64. The lowest BCUT2D eigenvalue weighted by Crippen LogP contribution is -2.43. The molecule has 1 spiro atoms. The van der Waals surface area contributed by atoms with Gasteiger partial charge >= 0.3 is 6.18 Å². The quantitative estimate of drug-likeness (QED) is 0.341. The smallest absolute Gasteiger partial charge is 0.292 e. The largest absolute Gasteiger partial charge is 0.416 e. The van der Waals surface area contributed by atoms with Crippen LogP contribution < -0.4 is 0 Å². The summed E-state index contributed by atoms with van der Waals surface area (Å²) in [5, 5.41) is -0.681. The molecule has 0 radical (unpaired) electrons. The Morgan fingerprint density at radius 3 is 2.09 bits per heavy atom. The molecule has 3 nitrogen and oxygen atoms in total. The number of aryl methyl sites for hydroxylation is 1. The van der Waals surface area contributed by atoms with Crippen LogP contribution in [0.3, 0.4) is 0 Å². The number of carbonyl (C=O) groups is 2. The average Bonchev–Trinajstić information content (AvgIpc) is 3.28. The molecule has 3 aromatic carbocycles. The van der Waals surface area contributed by atoms with Crippen LogP contribution in [0.2, 0.25) is 0 Å². The first-order valence-corrected chi connectivity index (χ1v) is 10.8. The molecule has 1 heterocycles. The second-order valence-electron chi connectivity index (χ2n) is 7.93. The van der Waals surface area contributed by atoms with Gasteiger partial charge < -0.3 is 0 Å². The lowest BCUT2D eigenvalue weighted by molar-refractivity contribution is -0.137. The van der Waals surface area contributed by atoms with Crippen molar-refractivity contribution >= 4 is 29.2 Å². The summed E-state index contributed by atoms with van der Waals surface area (Å²) in [6, 6.07) is 18.6. The van der Waals surface area contributed by atoms with Crippen molar-refractivity contribution in [3.8, 4) is 0 Å². The zero-order valence-electron chi connectivity index (χ0n) is 16.8.